The van der Waals surface area contributed by atoms with E-state index < -0.39 is 0 Å². The number of thioether (sulfide) groups is 1. The van der Waals surface area contributed by atoms with Crippen molar-refractivity contribution in [1.82, 2.24) is 0 Å². The van der Waals surface area contributed by atoms with E-state index in [2.05, 4.69) is 158 Å². The van der Waals surface area contributed by atoms with Crippen molar-refractivity contribution in [3.05, 3.63) is 125 Å². The maximum absolute atomic E-state index is 5.77. The van der Waals surface area contributed by atoms with Crippen molar-refractivity contribution in [3.8, 4) is 11.4 Å². The predicted molar refractivity (Wildman–Crippen MR) is 190 cm³/mol. The summed E-state index contributed by atoms with van der Waals surface area (Å²) < 4.78 is 9.13. The van der Waals surface area contributed by atoms with Gasteiger partial charge >= 0.3 is 0 Å². The summed E-state index contributed by atoms with van der Waals surface area (Å²) in [4.78, 5) is 6.13. The molecule has 5 aromatic rings. The first-order valence-electron chi connectivity index (χ1n) is 15.8. The number of pyridine rings is 1. The summed E-state index contributed by atoms with van der Waals surface area (Å²) in [6.45, 7) is 6.26. The maximum Gasteiger partial charge on any atom is 0.282 e. The molecule has 1 aliphatic heterocycles. The van der Waals surface area contributed by atoms with Gasteiger partial charge < -0.3 is 14.1 Å². The summed E-state index contributed by atoms with van der Waals surface area (Å²) in [6.07, 6.45) is 3.44. The van der Waals surface area contributed by atoms with Gasteiger partial charge in [-0.05, 0) is 55.0 Å². The van der Waals surface area contributed by atoms with Crippen LogP contribution in [0.5, 0.6) is 5.75 Å². The fourth-order valence-corrected chi connectivity index (χ4v) is 7.44. The molecular weight excluding hydrogens is 661 g/mol. The summed E-state index contributed by atoms with van der Waals surface area (Å²) in [6, 6.07) is 39.0. The Hall–Kier alpha value is -3.16. The Bertz CT molecular complexity index is 1810. The smallest absolute Gasteiger partial charge is 0.282 e. The van der Waals surface area contributed by atoms with E-state index in [1.54, 1.807) is 7.11 Å². The van der Waals surface area contributed by atoms with Crippen LogP contribution >= 0.6 is 11.8 Å². The Labute approximate surface area is 304 Å². The molecule has 6 rings (SSSR count). The standard InChI is InChI=1S/C39H44N4OS.Y/c1-6-41(24-15-25-43(3,4)29-30-16-9-7-10-17-30)38-26-31(27-39-40(2)35-20-13-14-21-37(35)45-39)34-23-22-33(44-5)28-36(34)42(38)32-18-11-8-12-19-32;/h7-14,16-23,26-28H,6,15,24-25,29H2,1-5H3;/q+2;. The second-order valence-corrected chi connectivity index (χ2v) is 13.4. The van der Waals surface area contributed by atoms with Crippen molar-refractivity contribution < 1.29 is 46.5 Å². The van der Waals surface area contributed by atoms with E-state index >= 15 is 0 Å². The van der Waals surface area contributed by atoms with Gasteiger partial charge in [-0.15, -0.1) is 0 Å². The van der Waals surface area contributed by atoms with Crippen molar-refractivity contribution in [2.24, 2.45) is 0 Å². The van der Waals surface area contributed by atoms with Crippen LogP contribution in [0.3, 0.4) is 0 Å². The molecule has 2 heterocycles. The summed E-state index contributed by atoms with van der Waals surface area (Å²) in [5.74, 6) is 2.04. The molecule has 1 radical (unpaired) electrons. The van der Waals surface area contributed by atoms with Gasteiger partial charge in [0.25, 0.3) is 5.82 Å². The molecule has 0 bridgehead atoms. The molecule has 7 heteroatoms. The zero-order valence-electron chi connectivity index (χ0n) is 27.7. The van der Waals surface area contributed by atoms with Crippen LogP contribution in [-0.4, -0.2) is 52.4 Å². The summed E-state index contributed by atoms with van der Waals surface area (Å²) in [7, 11) is 8.59. The number of nitrogens with zero attached hydrogens (tertiary/aromatic N) is 4. The Morgan fingerprint density at radius 1 is 0.891 bits per heavy atom. The predicted octanol–water partition coefficient (Wildman–Crippen LogP) is 8.16. The molecule has 233 valence electrons. The Kier molecular flexibility index (Phi) is 11.3. The molecular formula is C39H44N4OSY+2. The van der Waals surface area contributed by atoms with Crippen molar-refractivity contribution in [3.63, 3.8) is 0 Å². The van der Waals surface area contributed by atoms with E-state index in [1.165, 1.54) is 37.9 Å². The number of para-hydroxylation sites is 2. The van der Waals surface area contributed by atoms with Crippen LogP contribution in [0.25, 0.3) is 22.7 Å². The van der Waals surface area contributed by atoms with Gasteiger partial charge in [-0.25, -0.2) is 0 Å². The molecule has 0 N–H and O–H groups in total. The molecule has 0 spiro atoms. The van der Waals surface area contributed by atoms with Gasteiger partial charge in [-0.1, -0.05) is 72.4 Å². The third-order valence-corrected chi connectivity index (χ3v) is 9.85. The van der Waals surface area contributed by atoms with Crippen LogP contribution in [0.2, 0.25) is 0 Å². The Morgan fingerprint density at radius 3 is 2.28 bits per heavy atom. The molecule has 0 fully saturated rings. The second kappa shape index (κ2) is 15.2. The van der Waals surface area contributed by atoms with Gasteiger partial charge in [0.15, 0.2) is 0 Å². The van der Waals surface area contributed by atoms with E-state index in [0.717, 1.165) is 54.0 Å². The van der Waals surface area contributed by atoms with Crippen molar-refractivity contribution in [2.75, 3.05) is 57.7 Å². The first-order chi connectivity index (χ1) is 21.9. The number of benzene rings is 4. The third-order valence-electron chi connectivity index (χ3n) is 8.69. The number of anilines is 2. The van der Waals surface area contributed by atoms with E-state index in [1.807, 2.05) is 11.8 Å². The van der Waals surface area contributed by atoms with E-state index in [4.69, 9.17) is 4.74 Å². The minimum absolute atomic E-state index is 0. The first kappa shape index (κ1) is 34.2. The molecule has 0 unspecified atom stereocenters. The summed E-state index contributed by atoms with van der Waals surface area (Å²) >= 11 is 1.83. The third kappa shape index (κ3) is 7.52. The van der Waals surface area contributed by atoms with Crippen LogP contribution in [0.4, 0.5) is 11.5 Å². The Morgan fingerprint density at radius 2 is 1.59 bits per heavy atom. The van der Waals surface area contributed by atoms with Gasteiger partial charge in [-0.2, -0.15) is 4.57 Å². The molecule has 1 aromatic heterocycles. The fourth-order valence-electron chi connectivity index (χ4n) is 6.33. The summed E-state index contributed by atoms with van der Waals surface area (Å²) in [5, 5.41) is 2.41. The Balaban J connectivity index is 0.00000417. The zero-order valence-corrected chi connectivity index (χ0v) is 31.3. The van der Waals surface area contributed by atoms with Crippen LogP contribution < -0.4 is 19.1 Å². The maximum atomic E-state index is 5.77. The number of hydrogen-bond acceptors (Lipinski definition) is 4. The number of aromatic nitrogens is 1. The molecule has 0 saturated carbocycles. The van der Waals surface area contributed by atoms with Crippen molar-refractivity contribution in [1.29, 1.82) is 0 Å². The number of rotatable bonds is 11. The largest absolute Gasteiger partial charge is 0.497 e. The monoisotopic (exact) mass is 705 g/mol. The van der Waals surface area contributed by atoms with Gasteiger partial charge in [0, 0.05) is 74.2 Å². The SMILES string of the molecule is CCN(CCC[N+](C)(C)Cc1ccccc1)c1cc(C=C2Sc3ccccc3N2C)c2ccc(OC)cc2[n+]1-c1ccccc1.[Y]. The number of hydrogen-bond donors (Lipinski definition) is 0. The first-order valence-corrected chi connectivity index (χ1v) is 16.6. The topological polar surface area (TPSA) is 19.6 Å². The average molecular weight is 706 g/mol. The minimum atomic E-state index is 0. The van der Waals surface area contributed by atoms with Crippen molar-refractivity contribution in [2.45, 2.75) is 24.8 Å². The fraction of sp³-hybridized carbons (Fsp3) is 0.256. The van der Waals surface area contributed by atoms with Gasteiger partial charge in [0.2, 0.25) is 0 Å². The van der Waals surface area contributed by atoms with Gasteiger partial charge in [0.1, 0.15) is 23.5 Å². The van der Waals surface area contributed by atoms with Gasteiger partial charge in [-0.3, -0.25) is 4.90 Å². The van der Waals surface area contributed by atoms with Crippen molar-refractivity contribution >= 4 is 40.2 Å². The average Bonchev–Trinajstić information content (AvgIpc) is 3.37. The molecule has 4 aromatic carbocycles. The molecule has 0 atom stereocenters. The zero-order chi connectivity index (χ0) is 31.4. The molecule has 5 nitrogen and oxygen atoms in total. The number of methoxy groups -OCH3 is 1. The minimum Gasteiger partial charge on any atom is -0.497 e. The van der Waals surface area contributed by atoms with Crippen LogP contribution in [0, 0.1) is 0 Å². The van der Waals surface area contributed by atoms with Crippen LogP contribution in [-0.2, 0) is 39.3 Å². The molecule has 0 amide bonds. The number of fused-ring (bicyclic) bond motifs is 2. The number of ether oxygens (including phenoxy) is 1. The van der Waals surface area contributed by atoms with Crippen LogP contribution in [0.1, 0.15) is 24.5 Å². The van der Waals surface area contributed by atoms with E-state index in [-0.39, 0.29) is 32.7 Å². The van der Waals surface area contributed by atoms with E-state index in [9.17, 15) is 0 Å². The molecule has 1 aliphatic rings. The quantitative estimate of drug-likeness (QED) is 0.102. The summed E-state index contributed by atoms with van der Waals surface area (Å²) in [5.41, 5.74) is 6.11. The van der Waals surface area contributed by atoms with E-state index in [0.29, 0.717) is 0 Å². The molecule has 0 aliphatic carbocycles. The van der Waals surface area contributed by atoms with Crippen LogP contribution in [0.15, 0.2) is 119 Å². The second-order valence-electron chi connectivity index (χ2n) is 12.4. The molecule has 0 saturated heterocycles. The number of quaternary nitrogens is 1. The molecule has 46 heavy (non-hydrogen) atoms. The normalized spacial score (nSPS) is 13.5. The van der Waals surface area contributed by atoms with Gasteiger partial charge in [0.05, 0.1) is 51.6 Å².